The minimum Gasteiger partial charge on any atom is -0.353 e. The molecule has 126 valence electrons. The Balaban J connectivity index is 0.00000192. The van der Waals surface area contributed by atoms with Gasteiger partial charge in [0.2, 0.25) is 11.8 Å². The molecule has 1 saturated carbocycles. The number of para-hydroxylation sites is 1. The zero-order chi connectivity index (χ0) is 15.5. The Morgan fingerprint density at radius 1 is 1.26 bits per heavy atom. The molecule has 3 unspecified atom stereocenters. The van der Waals surface area contributed by atoms with E-state index < -0.39 is 5.92 Å². The van der Waals surface area contributed by atoms with Crippen molar-refractivity contribution in [2.24, 2.45) is 11.7 Å². The van der Waals surface area contributed by atoms with Gasteiger partial charge in [0.15, 0.2) is 0 Å². The number of carbonyl (C=O) groups is 2. The first-order valence-corrected chi connectivity index (χ1v) is 8.08. The van der Waals surface area contributed by atoms with Crippen molar-refractivity contribution in [1.82, 2.24) is 5.32 Å². The van der Waals surface area contributed by atoms with Gasteiger partial charge in [0.05, 0.1) is 5.92 Å². The van der Waals surface area contributed by atoms with Crippen molar-refractivity contribution in [3.63, 3.8) is 0 Å². The van der Waals surface area contributed by atoms with Crippen LogP contribution in [-0.2, 0) is 9.59 Å². The number of nitrogens with two attached hydrogens (primary N) is 1. The first-order valence-electron chi connectivity index (χ1n) is 8.08. The SMILES string of the molecule is Cl.NCC1CCCCC1NC(=O)C1CC(=O)Nc2ccccc21. The average molecular weight is 338 g/mol. The molecule has 4 N–H and O–H groups in total. The number of hydrogen-bond donors (Lipinski definition) is 3. The van der Waals surface area contributed by atoms with Crippen LogP contribution < -0.4 is 16.4 Å². The van der Waals surface area contributed by atoms with Crippen LogP contribution in [0.5, 0.6) is 0 Å². The van der Waals surface area contributed by atoms with Crippen molar-refractivity contribution in [1.29, 1.82) is 0 Å². The molecule has 2 aliphatic rings. The Morgan fingerprint density at radius 3 is 2.78 bits per heavy atom. The highest BCUT2D eigenvalue weighted by Crippen LogP contribution is 2.33. The fraction of sp³-hybridized carbons (Fsp3) is 0.529. The first kappa shape index (κ1) is 17.8. The van der Waals surface area contributed by atoms with Crippen LogP contribution in [0.2, 0.25) is 0 Å². The molecule has 1 fully saturated rings. The van der Waals surface area contributed by atoms with Gasteiger partial charge < -0.3 is 16.4 Å². The summed E-state index contributed by atoms with van der Waals surface area (Å²) in [4.78, 5) is 24.5. The van der Waals surface area contributed by atoms with Gasteiger partial charge in [-0.15, -0.1) is 12.4 Å². The van der Waals surface area contributed by atoms with Gasteiger partial charge in [-0.3, -0.25) is 9.59 Å². The van der Waals surface area contributed by atoms with Gasteiger partial charge in [0.1, 0.15) is 0 Å². The average Bonchev–Trinajstić information content (AvgIpc) is 2.54. The lowest BCUT2D eigenvalue weighted by Crippen LogP contribution is -2.47. The zero-order valence-electron chi connectivity index (χ0n) is 13.1. The Labute approximate surface area is 142 Å². The molecule has 2 amide bonds. The fourth-order valence-corrected chi connectivity index (χ4v) is 3.61. The third-order valence-corrected chi connectivity index (χ3v) is 4.86. The first-order chi connectivity index (χ1) is 10.7. The Kier molecular flexibility index (Phi) is 6.02. The number of fused-ring (bicyclic) bond motifs is 1. The number of hydrogen-bond acceptors (Lipinski definition) is 3. The lowest BCUT2D eigenvalue weighted by molar-refractivity contribution is -0.127. The van der Waals surface area contributed by atoms with E-state index in [2.05, 4.69) is 10.6 Å². The van der Waals surface area contributed by atoms with E-state index in [9.17, 15) is 9.59 Å². The van der Waals surface area contributed by atoms with Crippen LogP contribution in [0.1, 0.15) is 43.6 Å². The molecule has 3 rings (SSSR count). The van der Waals surface area contributed by atoms with E-state index in [1.807, 2.05) is 24.3 Å². The molecular weight excluding hydrogens is 314 g/mol. The van der Waals surface area contributed by atoms with E-state index in [1.54, 1.807) is 0 Å². The van der Waals surface area contributed by atoms with Crippen molar-refractivity contribution in [3.05, 3.63) is 29.8 Å². The Morgan fingerprint density at radius 2 is 2.00 bits per heavy atom. The van der Waals surface area contributed by atoms with Gasteiger partial charge >= 0.3 is 0 Å². The second kappa shape index (κ2) is 7.79. The van der Waals surface area contributed by atoms with Crippen molar-refractivity contribution in [2.75, 3.05) is 11.9 Å². The third kappa shape index (κ3) is 3.85. The van der Waals surface area contributed by atoms with Crippen LogP contribution >= 0.6 is 12.4 Å². The maximum Gasteiger partial charge on any atom is 0.228 e. The molecule has 0 aromatic heterocycles. The highest BCUT2D eigenvalue weighted by Gasteiger charge is 2.33. The highest BCUT2D eigenvalue weighted by atomic mass is 35.5. The van der Waals surface area contributed by atoms with Gasteiger partial charge in [-0.2, -0.15) is 0 Å². The molecule has 1 aromatic carbocycles. The summed E-state index contributed by atoms with van der Waals surface area (Å²) in [6, 6.07) is 7.67. The van der Waals surface area contributed by atoms with E-state index in [0.717, 1.165) is 30.5 Å². The van der Waals surface area contributed by atoms with Crippen LogP contribution in [0, 0.1) is 5.92 Å². The van der Waals surface area contributed by atoms with Gasteiger partial charge in [-0.1, -0.05) is 31.0 Å². The number of halogens is 1. The van der Waals surface area contributed by atoms with Gasteiger partial charge in [0, 0.05) is 18.2 Å². The Hall–Kier alpha value is -1.59. The number of amides is 2. The maximum absolute atomic E-state index is 12.7. The lowest BCUT2D eigenvalue weighted by Gasteiger charge is -2.33. The van der Waals surface area contributed by atoms with E-state index in [0.29, 0.717) is 12.5 Å². The number of carbonyl (C=O) groups excluding carboxylic acids is 2. The summed E-state index contributed by atoms with van der Waals surface area (Å²) < 4.78 is 0. The smallest absolute Gasteiger partial charge is 0.228 e. The van der Waals surface area contributed by atoms with Crippen LogP contribution in [0.3, 0.4) is 0 Å². The minimum atomic E-state index is -0.398. The van der Waals surface area contributed by atoms with E-state index in [4.69, 9.17) is 5.73 Å². The standard InChI is InChI=1S/C17H23N3O2.ClH/c18-10-11-5-1-3-7-14(11)20-17(22)13-9-16(21)19-15-8-4-2-6-12(13)15;/h2,4,6,8,11,13-14H,1,3,5,7,9-10,18H2,(H,19,21)(H,20,22);1H. The van der Waals surface area contributed by atoms with E-state index in [-0.39, 0.29) is 36.7 Å². The lowest BCUT2D eigenvalue weighted by atomic mass is 9.83. The molecule has 3 atom stereocenters. The molecule has 0 bridgehead atoms. The predicted molar refractivity (Wildman–Crippen MR) is 92.6 cm³/mol. The monoisotopic (exact) mass is 337 g/mol. The molecule has 0 spiro atoms. The van der Waals surface area contributed by atoms with Crippen LogP contribution in [0.4, 0.5) is 5.69 Å². The topological polar surface area (TPSA) is 84.2 Å². The maximum atomic E-state index is 12.7. The summed E-state index contributed by atoms with van der Waals surface area (Å²) in [6.07, 6.45) is 4.58. The number of nitrogens with one attached hydrogen (secondary N) is 2. The summed E-state index contributed by atoms with van der Waals surface area (Å²) in [6.45, 7) is 0.604. The highest BCUT2D eigenvalue weighted by molar-refractivity contribution is 6.01. The molecular formula is C17H24ClN3O2. The molecule has 1 aromatic rings. The summed E-state index contributed by atoms with van der Waals surface area (Å²) >= 11 is 0. The summed E-state index contributed by atoms with van der Waals surface area (Å²) in [5, 5.41) is 5.98. The number of anilines is 1. The van der Waals surface area contributed by atoms with E-state index >= 15 is 0 Å². The second-order valence-electron chi connectivity index (χ2n) is 6.29. The van der Waals surface area contributed by atoms with E-state index in [1.165, 1.54) is 6.42 Å². The second-order valence-corrected chi connectivity index (χ2v) is 6.29. The van der Waals surface area contributed by atoms with Crippen molar-refractivity contribution >= 4 is 29.9 Å². The van der Waals surface area contributed by atoms with Crippen molar-refractivity contribution in [3.8, 4) is 0 Å². The minimum absolute atomic E-state index is 0. The van der Waals surface area contributed by atoms with Crippen LogP contribution in [-0.4, -0.2) is 24.4 Å². The number of benzene rings is 1. The molecule has 6 heteroatoms. The van der Waals surface area contributed by atoms with Gasteiger partial charge in [-0.05, 0) is 36.9 Å². The molecule has 1 aliphatic carbocycles. The summed E-state index contributed by atoms with van der Waals surface area (Å²) in [5.74, 6) is -0.193. The van der Waals surface area contributed by atoms with Gasteiger partial charge in [-0.25, -0.2) is 0 Å². The zero-order valence-corrected chi connectivity index (χ0v) is 13.9. The molecule has 1 heterocycles. The van der Waals surface area contributed by atoms with Gasteiger partial charge in [0.25, 0.3) is 0 Å². The third-order valence-electron chi connectivity index (χ3n) is 4.86. The largest absolute Gasteiger partial charge is 0.353 e. The summed E-state index contributed by atoms with van der Waals surface area (Å²) in [7, 11) is 0. The molecule has 0 saturated heterocycles. The quantitative estimate of drug-likeness (QED) is 0.790. The molecule has 5 nitrogen and oxygen atoms in total. The molecule has 0 radical (unpaired) electrons. The normalized spacial score (nSPS) is 26.5. The number of rotatable bonds is 3. The fourth-order valence-electron chi connectivity index (χ4n) is 3.61. The van der Waals surface area contributed by atoms with Crippen LogP contribution in [0.25, 0.3) is 0 Å². The summed E-state index contributed by atoms with van der Waals surface area (Å²) in [5.41, 5.74) is 7.48. The van der Waals surface area contributed by atoms with Crippen molar-refractivity contribution in [2.45, 2.75) is 44.1 Å². The molecule has 1 aliphatic heterocycles. The Bertz CT molecular complexity index is 579. The predicted octanol–water partition coefficient (Wildman–Crippen LogP) is 2.17. The van der Waals surface area contributed by atoms with Crippen molar-refractivity contribution < 1.29 is 9.59 Å². The van der Waals surface area contributed by atoms with Crippen LogP contribution in [0.15, 0.2) is 24.3 Å². The molecule has 23 heavy (non-hydrogen) atoms.